The molecule has 0 aliphatic carbocycles. The number of fused-ring (bicyclic) bond motifs is 1. The highest BCUT2D eigenvalue weighted by molar-refractivity contribution is 7.18. The van der Waals surface area contributed by atoms with E-state index in [0.29, 0.717) is 11.5 Å². The van der Waals surface area contributed by atoms with E-state index in [0.717, 1.165) is 20.8 Å². The van der Waals surface area contributed by atoms with Crippen LogP contribution < -0.4 is 9.47 Å². The van der Waals surface area contributed by atoms with Crippen LogP contribution in [0.4, 0.5) is 0 Å². The topological polar surface area (TPSA) is 57.7 Å². The Labute approximate surface area is 143 Å². The lowest BCUT2D eigenvalue weighted by molar-refractivity contribution is -0.144. The van der Waals surface area contributed by atoms with Gasteiger partial charge in [0, 0.05) is 5.56 Å². The smallest absolute Gasteiger partial charge is 0.310 e. The third-order valence-corrected chi connectivity index (χ3v) is 4.53. The minimum absolute atomic E-state index is 0.116. The third-order valence-electron chi connectivity index (χ3n) is 3.52. The molecule has 0 atom stereocenters. The number of rotatable bonds is 6. The molecule has 0 N–H and O–H groups in total. The Morgan fingerprint density at radius 2 is 1.96 bits per heavy atom. The number of hydrogen-bond acceptors (Lipinski definition) is 6. The lowest BCUT2D eigenvalue weighted by Gasteiger charge is -2.10. The first-order chi connectivity index (χ1) is 11.7. The molecule has 1 heterocycles. The largest absolute Gasteiger partial charge is 0.497 e. The van der Waals surface area contributed by atoms with Crippen LogP contribution >= 0.6 is 11.3 Å². The van der Waals surface area contributed by atoms with Crippen LogP contribution in [0.5, 0.6) is 11.5 Å². The van der Waals surface area contributed by atoms with Crippen LogP contribution in [0.1, 0.15) is 10.6 Å². The molecule has 3 aromatic rings. The molecule has 0 aliphatic heterocycles. The van der Waals surface area contributed by atoms with Crippen molar-refractivity contribution in [3.05, 3.63) is 53.0 Å². The molecule has 124 valence electrons. The van der Waals surface area contributed by atoms with E-state index in [1.807, 2.05) is 24.3 Å². The number of thiazole rings is 1. The summed E-state index contributed by atoms with van der Waals surface area (Å²) >= 11 is 1.53. The second-order valence-electron chi connectivity index (χ2n) is 5.09. The number of para-hydroxylation sites is 1. The average Bonchev–Trinajstić information content (AvgIpc) is 3.03. The van der Waals surface area contributed by atoms with Crippen molar-refractivity contribution in [2.75, 3.05) is 14.2 Å². The van der Waals surface area contributed by atoms with Gasteiger partial charge in [0.2, 0.25) is 0 Å². The van der Waals surface area contributed by atoms with Crippen molar-refractivity contribution in [3.63, 3.8) is 0 Å². The summed E-state index contributed by atoms with van der Waals surface area (Å²) in [6.07, 6.45) is 0.116. The number of nitrogens with zero attached hydrogens (tertiary/aromatic N) is 1. The quantitative estimate of drug-likeness (QED) is 0.640. The average molecular weight is 343 g/mol. The highest BCUT2D eigenvalue weighted by atomic mass is 32.1. The number of carbonyl (C=O) groups is 1. The van der Waals surface area contributed by atoms with Crippen molar-refractivity contribution in [3.8, 4) is 11.5 Å². The van der Waals surface area contributed by atoms with Gasteiger partial charge < -0.3 is 14.2 Å². The summed E-state index contributed by atoms with van der Waals surface area (Å²) < 4.78 is 16.9. The van der Waals surface area contributed by atoms with Crippen molar-refractivity contribution in [2.24, 2.45) is 0 Å². The van der Waals surface area contributed by atoms with Gasteiger partial charge in [-0.25, -0.2) is 4.98 Å². The number of esters is 1. The van der Waals surface area contributed by atoms with Gasteiger partial charge >= 0.3 is 5.97 Å². The molecular formula is C18H17NO4S. The van der Waals surface area contributed by atoms with Gasteiger partial charge in [0.05, 0.1) is 30.9 Å². The number of ether oxygens (including phenoxy) is 3. The van der Waals surface area contributed by atoms with Crippen LogP contribution in [0.2, 0.25) is 0 Å². The standard InChI is InChI=1S/C18H17NO4S/c1-21-13-7-8-15(22-2)12(9-13)10-18(20)23-11-17-19-14-5-3-4-6-16(14)24-17/h3-9H,10-11H2,1-2H3. The van der Waals surface area contributed by atoms with E-state index in [-0.39, 0.29) is 19.0 Å². The SMILES string of the molecule is COc1ccc(OC)c(CC(=O)OCc2nc3ccccc3s2)c1. The van der Waals surface area contributed by atoms with Crippen LogP contribution in [0.15, 0.2) is 42.5 Å². The zero-order valence-electron chi connectivity index (χ0n) is 13.4. The Balaban J connectivity index is 1.65. The van der Waals surface area contributed by atoms with Gasteiger partial charge in [-0.15, -0.1) is 11.3 Å². The Morgan fingerprint density at radius 1 is 1.12 bits per heavy atom. The predicted octanol–water partition coefficient (Wildman–Crippen LogP) is 3.60. The van der Waals surface area contributed by atoms with Gasteiger partial charge in [0.15, 0.2) is 0 Å². The second-order valence-corrected chi connectivity index (χ2v) is 6.21. The first-order valence-corrected chi connectivity index (χ1v) is 8.22. The summed E-state index contributed by atoms with van der Waals surface area (Å²) in [5.41, 5.74) is 1.65. The van der Waals surface area contributed by atoms with E-state index < -0.39 is 0 Å². The van der Waals surface area contributed by atoms with E-state index in [1.54, 1.807) is 32.4 Å². The van der Waals surface area contributed by atoms with Crippen LogP contribution in [-0.4, -0.2) is 25.2 Å². The van der Waals surface area contributed by atoms with Gasteiger partial charge in [-0.2, -0.15) is 0 Å². The fourth-order valence-corrected chi connectivity index (χ4v) is 3.23. The minimum atomic E-state index is -0.333. The van der Waals surface area contributed by atoms with Crippen LogP contribution in [-0.2, 0) is 22.6 Å². The third kappa shape index (κ3) is 3.65. The zero-order valence-corrected chi connectivity index (χ0v) is 14.3. The van der Waals surface area contributed by atoms with Crippen LogP contribution in [0.3, 0.4) is 0 Å². The minimum Gasteiger partial charge on any atom is -0.497 e. The molecule has 6 heteroatoms. The van der Waals surface area contributed by atoms with Gasteiger partial charge in [-0.1, -0.05) is 12.1 Å². The first kappa shape index (κ1) is 16.3. The van der Waals surface area contributed by atoms with Crippen molar-refractivity contribution >= 4 is 27.5 Å². The predicted molar refractivity (Wildman–Crippen MR) is 92.7 cm³/mol. The number of hydrogen-bond donors (Lipinski definition) is 0. The molecule has 0 bridgehead atoms. The van der Waals surface area contributed by atoms with E-state index in [1.165, 1.54) is 11.3 Å². The van der Waals surface area contributed by atoms with E-state index >= 15 is 0 Å². The maximum Gasteiger partial charge on any atom is 0.310 e. The molecule has 0 radical (unpaired) electrons. The monoisotopic (exact) mass is 343 g/mol. The Morgan fingerprint density at radius 3 is 2.71 bits per heavy atom. The number of benzene rings is 2. The van der Waals surface area contributed by atoms with Crippen molar-refractivity contribution in [1.29, 1.82) is 0 Å². The van der Waals surface area contributed by atoms with Gasteiger partial charge in [0.1, 0.15) is 23.1 Å². The van der Waals surface area contributed by atoms with Crippen LogP contribution in [0.25, 0.3) is 10.2 Å². The highest BCUT2D eigenvalue weighted by Gasteiger charge is 2.12. The van der Waals surface area contributed by atoms with E-state index in [4.69, 9.17) is 14.2 Å². The molecule has 5 nitrogen and oxygen atoms in total. The second kappa shape index (κ2) is 7.31. The molecule has 0 amide bonds. The summed E-state index contributed by atoms with van der Waals surface area (Å²) in [6.45, 7) is 0.171. The molecule has 0 unspecified atom stereocenters. The first-order valence-electron chi connectivity index (χ1n) is 7.40. The molecule has 0 saturated carbocycles. The molecule has 0 aliphatic rings. The van der Waals surface area contributed by atoms with Gasteiger partial charge in [-0.3, -0.25) is 4.79 Å². The Hall–Kier alpha value is -2.60. The zero-order chi connectivity index (χ0) is 16.9. The maximum atomic E-state index is 12.1. The lowest BCUT2D eigenvalue weighted by atomic mass is 10.1. The Bertz CT molecular complexity index is 826. The lowest BCUT2D eigenvalue weighted by Crippen LogP contribution is -2.09. The van der Waals surface area contributed by atoms with Gasteiger partial charge in [-0.05, 0) is 30.3 Å². The number of methoxy groups -OCH3 is 2. The molecule has 24 heavy (non-hydrogen) atoms. The van der Waals surface area contributed by atoms with Gasteiger partial charge in [0.25, 0.3) is 0 Å². The normalized spacial score (nSPS) is 10.6. The summed E-state index contributed by atoms with van der Waals surface area (Å²) in [6, 6.07) is 13.2. The molecule has 2 aromatic carbocycles. The van der Waals surface area contributed by atoms with E-state index in [2.05, 4.69) is 4.98 Å². The molecular weight excluding hydrogens is 326 g/mol. The van der Waals surface area contributed by atoms with E-state index in [9.17, 15) is 4.79 Å². The summed E-state index contributed by atoms with van der Waals surface area (Å²) in [5, 5.41) is 0.780. The summed E-state index contributed by atoms with van der Waals surface area (Å²) in [4.78, 5) is 16.6. The summed E-state index contributed by atoms with van der Waals surface area (Å²) in [7, 11) is 3.15. The highest BCUT2D eigenvalue weighted by Crippen LogP contribution is 2.25. The maximum absolute atomic E-state index is 12.1. The van der Waals surface area contributed by atoms with Crippen molar-refractivity contribution in [1.82, 2.24) is 4.98 Å². The van der Waals surface area contributed by atoms with Crippen LogP contribution in [0, 0.1) is 0 Å². The number of aromatic nitrogens is 1. The molecule has 0 spiro atoms. The van der Waals surface area contributed by atoms with Crippen molar-refractivity contribution < 1.29 is 19.0 Å². The molecule has 0 saturated heterocycles. The molecule has 3 rings (SSSR count). The molecule has 1 aromatic heterocycles. The fraction of sp³-hybridized carbons (Fsp3) is 0.222. The summed E-state index contributed by atoms with van der Waals surface area (Å²) in [5.74, 6) is 0.971. The Kier molecular flexibility index (Phi) is 4.96. The van der Waals surface area contributed by atoms with Crippen molar-refractivity contribution in [2.45, 2.75) is 13.0 Å². The number of carbonyl (C=O) groups excluding carboxylic acids is 1. The fourth-order valence-electron chi connectivity index (χ4n) is 2.35. The molecule has 0 fully saturated rings.